The monoisotopic (exact) mass is 315 g/mol. The summed E-state index contributed by atoms with van der Waals surface area (Å²) < 4.78 is 22.7. The van der Waals surface area contributed by atoms with Crippen molar-refractivity contribution in [3.05, 3.63) is 24.3 Å². The van der Waals surface area contributed by atoms with Crippen LogP contribution in [0.25, 0.3) is 0 Å². The SMILES string of the molecule is CSC1(CN)CCN(c2ccc(S(N)(=O)=O)cc2)CC1. The number of hydrogen-bond donors (Lipinski definition) is 2. The summed E-state index contributed by atoms with van der Waals surface area (Å²) in [6, 6.07) is 6.75. The Morgan fingerprint density at radius 2 is 1.80 bits per heavy atom. The van der Waals surface area contributed by atoms with Gasteiger partial charge < -0.3 is 10.6 Å². The first-order valence-corrected chi connectivity index (χ1v) is 9.30. The molecule has 112 valence electrons. The minimum absolute atomic E-state index is 0.152. The molecule has 4 N–H and O–H groups in total. The van der Waals surface area contributed by atoms with E-state index in [9.17, 15) is 8.42 Å². The van der Waals surface area contributed by atoms with Crippen molar-refractivity contribution in [2.24, 2.45) is 10.9 Å². The first kappa shape index (κ1) is 15.6. The number of rotatable bonds is 4. The summed E-state index contributed by atoms with van der Waals surface area (Å²) in [6.45, 7) is 2.58. The van der Waals surface area contributed by atoms with Crippen LogP contribution in [0.15, 0.2) is 29.2 Å². The van der Waals surface area contributed by atoms with E-state index in [4.69, 9.17) is 10.9 Å². The average molecular weight is 315 g/mol. The van der Waals surface area contributed by atoms with E-state index in [-0.39, 0.29) is 9.64 Å². The van der Waals surface area contributed by atoms with Crippen LogP contribution in [0.4, 0.5) is 5.69 Å². The van der Waals surface area contributed by atoms with Crippen molar-refractivity contribution in [1.82, 2.24) is 0 Å². The van der Waals surface area contributed by atoms with Gasteiger partial charge in [-0.25, -0.2) is 13.6 Å². The lowest BCUT2D eigenvalue weighted by molar-refractivity contribution is 0.457. The minimum Gasteiger partial charge on any atom is -0.371 e. The number of anilines is 1. The lowest BCUT2D eigenvalue weighted by atomic mass is 9.95. The van der Waals surface area contributed by atoms with Crippen molar-refractivity contribution in [3.8, 4) is 0 Å². The summed E-state index contributed by atoms with van der Waals surface area (Å²) in [5.41, 5.74) is 6.91. The van der Waals surface area contributed by atoms with E-state index < -0.39 is 10.0 Å². The molecule has 1 aromatic carbocycles. The van der Waals surface area contributed by atoms with Crippen LogP contribution in [-0.2, 0) is 10.0 Å². The lowest BCUT2D eigenvalue weighted by Crippen LogP contribution is -2.46. The Balaban J connectivity index is 2.08. The highest BCUT2D eigenvalue weighted by atomic mass is 32.2. The number of piperidine rings is 1. The number of nitrogens with zero attached hydrogens (tertiary/aromatic N) is 1. The molecule has 1 heterocycles. The van der Waals surface area contributed by atoms with Gasteiger partial charge in [-0.3, -0.25) is 0 Å². The number of nitrogens with two attached hydrogens (primary N) is 2. The van der Waals surface area contributed by atoms with Gasteiger partial charge in [0.05, 0.1) is 4.90 Å². The number of benzene rings is 1. The molecule has 0 atom stereocenters. The van der Waals surface area contributed by atoms with Crippen molar-refractivity contribution in [3.63, 3.8) is 0 Å². The summed E-state index contributed by atoms with van der Waals surface area (Å²) in [5, 5.41) is 5.10. The van der Waals surface area contributed by atoms with E-state index in [0.717, 1.165) is 31.6 Å². The van der Waals surface area contributed by atoms with Crippen LogP contribution in [0, 0.1) is 0 Å². The summed E-state index contributed by atoms with van der Waals surface area (Å²) >= 11 is 1.85. The van der Waals surface area contributed by atoms with Gasteiger partial charge in [0.25, 0.3) is 0 Å². The van der Waals surface area contributed by atoms with Crippen LogP contribution >= 0.6 is 11.8 Å². The van der Waals surface area contributed by atoms with E-state index in [2.05, 4.69) is 11.2 Å². The molecule has 1 aromatic rings. The fourth-order valence-corrected chi connectivity index (χ4v) is 3.78. The molecule has 1 fully saturated rings. The van der Waals surface area contributed by atoms with Gasteiger partial charge in [-0.1, -0.05) is 0 Å². The quantitative estimate of drug-likeness (QED) is 0.865. The van der Waals surface area contributed by atoms with Gasteiger partial charge in [0.2, 0.25) is 10.0 Å². The van der Waals surface area contributed by atoms with Gasteiger partial charge in [0, 0.05) is 30.1 Å². The zero-order valence-electron chi connectivity index (χ0n) is 11.6. The molecule has 1 aliphatic heterocycles. The van der Waals surface area contributed by atoms with Gasteiger partial charge in [-0.15, -0.1) is 0 Å². The molecule has 2 rings (SSSR count). The first-order chi connectivity index (χ1) is 9.40. The third-order valence-corrected chi connectivity index (χ3v) is 6.38. The van der Waals surface area contributed by atoms with Crippen LogP contribution < -0.4 is 15.8 Å². The highest BCUT2D eigenvalue weighted by Gasteiger charge is 2.32. The molecule has 0 aliphatic carbocycles. The van der Waals surface area contributed by atoms with E-state index >= 15 is 0 Å². The lowest BCUT2D eigenvalue weighted by Gasteiger charge is -2.41. The molecular weight excluding hydrogens is 294 g/mol. The Labute approximate surface area is 124 Å². The maximum absolute atomic E-state index is 11.2. The maximum Gasteiger partial charge on any atom is 0.238 e. The fourth-order valence-electron chi connectivity index (χ4n) is 2.51. The Morgan fingerprint density at radius 1 is 1.25 bits per heavy atom. The second-order valence-corrected chi connectivity index (χ2v) is 7.95. The van der Waals surface area contributed by atoms with Crippen molar-refractivity contribution in [1.29, 1.82) is 0 Å². The maximum atomic E-state index is 11.2. The summed E-state index contributed by atoms with van der Waals surface area (Å²) in [5.74, 6) is 0. The Morgan fingerprint density at radius 3 is 2.20 bits per heavy atom. The van der Waals surface area contributed by atoms with Crippen molar-refractivity contribution < 1.29 is 8.42 Å². The molecule has 5 nitrogen and oxygen atoms in total. The summed E-state index contributed by atoms with van der Waals surface area (Å²) in [7, 11) is -3.62. The number of thioether (sulfide) groups is 1. The van der Waals surface area contributed by atoms with Crippen molar-refractivity contribution >= 4 is 27.5 Å². The molecule has 0 unspecified atom stereocenters. The molecular formula is C13H21N3O2S2. The number of primary sulfonamides is 1. The van der Waals surface area contributed by atoms with Crippen molar-refractivity contribution in [2.75, 3.05) is 30.8 Å². The van der Waals surface area contributed by atoms with Gasteiger partial charge in [0.1, 0.15) is 0 Å². The van der Waals surface area contributed by atoms with Crippen LogP contribution in [0.2, 0.25) is 0 Å². The Kier molecular flexibility index (Phi) is 4.63. The van der Waals surface area contributed by atoms with E-state index in [1.54, 1.807) is 12.1 Å². The zero-order valence-corrected chi connectivity index (χ0v) is 13.2. The van der Waals surface area contributed by atoms with Crippen LogP contribution in [0.5, 0.6) is 0 Å². The first-order valence-electron chi connectivity index (χ1n) is 6.53. The molecule has 0 radical (unpaired) electrons. The summed E-state index contributed by atoms with van der Waals surface area (Å²) in [6.07, 6.45) is 4.20. The summed E-state index contributed by atoms with van der Waals surface area (Å²) in [4.78, 5) is 2.41. The van der Waals surface area contributed by atoms with Crippen LogP contribution in [0.3, 0.4) is 0 Å². The molecule has 0 saturated carbocycles. The molecule has 1 aliphatic rings. The largest absolute Gasteiger partial charge is 0.371 e. The highest BCUT2D eigenvalue weighted by Crippen LogP contribution is 2.35. The smallest absolute Gasteiger partial charge is 0.238 e. The fraction of sp³-hybridized carbons (Fsp3) is 0.538. The number of hydrogen-bond acceptors (Lipinski definition) is 5. The predicted octanol–water partition coefficient (Wildman–Crippen LogP) is 0.995. The van der Waals surface area contributed by atoms with Crippen LogP contribution in [0.1, 0.15) is 12.8 Å². The third kappa shape index (κ3) is 3.28. The molecule has 0 aromatic heterocycles. The minimum atomic E-state index is -3.62. The second-order valence-electron chi connectivity index (χ2n) is 5.12. The van der Waals surface area contributed by atoms with Gasteiger partial charge in [-0.2, -0.15) is 11.8 Å². The van der Waals surface area contributed by atoms with Gasteiger partial charge >= 0.3 is 0 Å². The second kappa shape index (κ2) is 5.93. The third-order valence-electron chi connectivity index (χ3n) is 4.01. The molecule has 0 bridgehead atoms. The number of sulfonamides is 1. The predicted molar refractivity (Wildman–Crippen MR) is 84.6 cm³/mol. The molecule has 0 spiro atoms. The van der Waals surface area contributed by atoms with E-state index in [1.807, 2.05) is 23.9 Å². The normalized spacial score (nSPS) is 19.1. The Hall–Kier alpha value is -0.760. The molecule has 0 amide bonds. The highest BCUT2D eigenvalue weighted by molar-refractivity contribution is 8.00. The molecule has 7 heteroatoms. The van der Waals surface area contributed by atoms with Crippen LogP contribution in [-0.4, -0.2) is 39.1 Å². The topological polar surface area (TPSA) is 89.4 Å². The molecule has 20 heavy (non-hydrogen) atoms. The van der Waals surface area contributed by atoms with E-state index in [1.165, 1.54) is 0 Å². The Bertz CT molecular complexity index is 543. The van der Waals surface area contributed by atoms with Gasteiger partial charge in [0.15, 0.2) is 0 Å². The zero-order chi connectivity index (χ0) is 14.8. The average Bonchev–Trinajstić information content (AvgIpc) is 2.47. The molecule has 1 saturated heterocycles. The van der Waals surface area contributed by atoms with E-state index in [0.29, 0.717) is 6.54 Å². The standard InChI is InChI=1S/C13H21N3O2S2/c1-19-13(10-14)6-8-16(9-7-13)11-2-4-12(5-3-11)20(15,17)18/h2-5H,6-10,14H2,1H3,(H2,15,17,18). The van der Waals surface area contributed by atoms with Gasteiger partial charge in [-0.05, 0) is 43.4 Å². The van der Waals surface area contributed by atoms with Crippen molar-refractivity contribution in [2.45, 2.75) is 22.5 Å².